The molecule has 5 nitrogen and oxygen atoms in total. The first-order chi connectivity index (χ1) is 8.90. The zero-order chi connectivity index (χ0) is 14.2. The molecule has 1 saturated carbocycles. The van der Waals surface area contributed by atoms with Crippen molar-refractivity contribution >= 4 is 27.8 Å². The molecular weight excluding hydrogens is 312 g/mol. The van der Waals surface area contributed by atoms with E-state index < -0.39 is 12.0 Å². The van der Waals surface area contributed by atoms with Gasteiger partial charge in [-0.15, -0.1) is 0 Å². The maximum Gasteiger partial charge on any atom is 0.326 e. The van der Waals surface area contributed by atoms with Gasteiger partial charge >= 0.3 is 5.97 Å². The van der Waals surface area contributed by atoms with E-state index in [1.165, 1.54) is 0 Å². The van der Waals surface area contributed by atoms with E-state index in [9.17, 15) is 9.59 Å². The van der Waals surface area contributed by atoms with Gasteiger partial charge in [0.1, 0.15) is 11.7 Å². The summed E-state index contributed by atoms with van der Waals surface area (Å²) in [7, 11) is 0. The van der Waals surface area contributed by atoms with Gasteiger partial charge in [-0.2, -0.15) is 0 Å². The van der Waals surface area contributed by atoms with Crippen LogP contribution in [0.2, 0.25) is 0 Å². The van der Waals surface area contributed by atoms with Crippen LogP contribution in [0.4, 0.5) is 0 Å². The minimum Gasteiger partial charge on any atom is -0.480 e. The van der Waals surface area contributed by atoms with E-state index in [1.807, 2.05) is 10.8 Å². The number of carbonyl (C=O) groups excluding carboxylic acids is 1. The Balaban J connectivity index is 2.17. The molecule has 1 atom stereocenters. The van der Waals surface area contributed by atoms with Crippen LogP contribution < -0.4 is 5.32 Å². The Hall–Kier alpha value is -1.30. The molecule has 0 aromatic carbocycles. The smallest absolute Gasteiger partial charge is 0.326 e. The SMILES string of the molecule is CC(C)[C@@H](NC(=O)c1cc(Br)cn1C1CC1)C(=O)O. The third-order valence-corrected chi connectivity index (χ3v) is 3.64. The third-order valence-electron chi connectivity index (χ3n) is 3.21. The zero-order valence-electron chi connectivity index (χ0n) is 10.9. The Morgan fingerprint density at radius 3 is 2.58 bits per heavy atom. The molecule has 0 bridgehead atoms. The fourth-order valence-electron chi connectivity index (χ4n) is 2.01. The lowest BCUT2D eigenvalue weighted by atomic mass is 10.0. The fraction of sp³-hybridized carbons (Fsp3) is 0.538. The lowest BCUT2D eigenvalue weighted by Crippen LogP contribution is -2.44. The van der Waals surface area contributed by atoms with Crippen LogP contribution in [-0.2, 0) is 4.79 Å². The number of amides is 1. The Bertz CT molecular complexity index is 506. The second kappa shape index (κ2) is 5.36. The first-order valence-electron chi connectivity index (χ1n) is 6.31. The maximum absolute atomic E-state index is 12.2. The monoisotopic (exact) mass is 328 g/mol. The molecule has 0 radical (unpaired) electrons. The molecule has 0 spiro atoms. The summed E-state index contributed by atoms with van der Waals surface area (Å²) in [6, 6.07) is 1.23. The topological polar surface area (TPSA) is 71.3 Å². The third kappa shape index (κ3) is 3.18. The summed E-state index contributed by atoms with van der Waals surface area (Å²) >= 11 is 3.35. The Morgan fingerprint density at radius 2 is 2.11 bits per heavy atom. The maximum atomic E-state index is 12.2. The van der Waals surface area contributed by atoms with Gasteiger partial charge in [-0.1, -0.05) is 13.8 Å². The molecule has 2 rings (SSSR count). The quantitative estimate of drug-likeness (QED) is 0.871. The van der Waals surface area contributed by atoms with Crippen LogP contribution in [0, 0.1) is 5.92 Å². The summed E-state index contributed by atoms with van der Waals surface area (Å²) in [5.74, 6) is -1.50. The van der Waals surface area contributed by atoms with Gasteiger partial charge in [0.05, 0.1) is 0 Å². The lowest BCUT2D eigenvalue weighted by molar-refractivity contribution is -0.140. The molecule has 1 fully saturated rings. The van der Waals surface area contributed by atoms with E-state index in [4.69, 9.17) is 5.11 Å². The molecule has 0 saturated heterocycles. The van der Waals surface area contributed by atoms with Crippen molar-refractivity contribution in [2.45, 2.75) is 38.8 Å². The molecule has 1 aromatic heterocycles. The number of nitrogens with one attached hydrogen (secondary N) is 1. The van der Waals surface area contributed by atoms with Crippen LogP contribution in [0.15, 0.2) is 16.7 Å². The highest BCUT2D eigenvalue weighted by molar-refractivity contribution is 9.10. The normalized spacial score (nSPS) is 16.4. The largest absolute Gasteiger partial charge is 0.480 e. The number of rotatable bonds is 5. The first-order valence-corrected chi connectivity index (χ1v) is 7.10. The van der Waals surface area contributed by atoms with Crippen LogP contribution in [0.1, 0.15) is 43.2 Å². The van der Waals surface area contributed by atoms with Gasteiger partial charge in [0.25, 0.3) is 5.91 Å². The molecular formula is C13H17BrN2O3. The van der Waals surface area contributed by atoms with Gasteiger partial charge in [0.15, 0.2) is 0 Å². The van der Waals surface area contributed by atoms with Crippen molar-refractivity contribution in [2.75, 3.05) is 0 Å². The zero-order valence-corrected chi connectivity index (χ0v) is 12.5. The van der Waals surface area contributed by atoms with Crippen molar-refractivity contribution < 1.29 is 14.7 Å². The van der Waals surface area contributed by atoms with Gasteiger partial charge < -0.3 is 15.0 Å². The molecule has 2 N–H and O–H groups in total. The van der Waals surface area contributed by atoms with E-state index in [-0.39, 0.29) is 11.8 Å². The molecule has 1 aliphatic carbocycles. The number of aliphatic carboxylic acids is 1. The van der Waals surface area contributed by atoms with Crippen LogP contribution in [-0.4, -0.2) is 27.6 Å². The molecule has 1 heterocycles. The second-order valence-electron chi connectivity index (χ2n) is 5.22. The molecule has 1 aliphatic rings. The molecule has 0 unspecified atom stereocenters. The van der Waals surface area contributed by atoms with Crippen molar-refractivity contribution in [2.24, 2.45) is 5.92 Å². The van der Waals surface area contributed by atoms with Crippen molar-refractivity contribution in [1.82, 2.24) is 9.88 Å². The first kappa shape index (κ1) is 14.1. The van der Waals surface area contributed by atoms with Gasteiger partial charge in [-0.25, -0.2) is 4.79 Å². The highest BCUT2D eigenvalue weighted by Gasteiger charge is 2.30. The number of carboxylic acids is 1. The summed E-state index contributed by atoms with van der Waals surface area (Å²) in [6.07, 6.45) is 4.00. The lowest BCUT2D eigenvalue weighted by Gasteiger charge is -2.18. The van der Waals surface area contributed by atoms with Gasteiger partial charge in [-0.3, -0.25) is 4.79 Å². The van der Waals surface area contributed by atoms with Gasteiger partial charge in [-0.05, 0) is 40.8 Å². The average molecular weight is 329 g/mol. The number of aromatic nitrogens is 1. The summed E-state index contributed by atoms with van der Waals surface area (Å²) < 4.78 is 2.75. The molecule has 1 amide bonds. The summed E-state index contributed by atoms with van der Waals surface area (Å²) in [6.45, 7) is 3.55. The van der Waals surface area contributed by atoms with E-state index in [0.29, 0.717) is 11.7 Å². The number of carbonyl (C=O) groups is 2. The average Bonchev–Trinajstić information content (AvgIpc) is 3.08. The predicted molar refractivity (Wildman–Crippen MR) is 74.1 cm³/mol. The summed E-state index contributed by atoms with van der Waals surface area (Å²) in [5.41, 5.74) is 0.515. The highest BCUT2D eigenvalue weighted by Crippen LogP contribution is 2.37. The van der Waals surface area contributed by atoms with Crippen LogP contribution in [0.5, 0.6) is 0 Å². The van der Waals surface area contributed by atoms with Gasteiger partial charge in [0.2, 0.25) is 0 Å². The van der Waals surface area contributed by atoms with Gasteiger partial charge in [0, 0.05) is 16.7 Å². The molecule has 19 heavy (non-hydrogen) atoms. The van der Waals surface area contributed by atoms with Crippen LogP contribution in [0.3, 0.4) is 0 Å². The number of hydrogen-bond donors (Lipinski definition) is 2. The van der Waals surface area contributed by atoms with Crippen LogP contribution in [0.25, 0.3) is 0 Å². The summed E-state index contributed by atoms with van der Waals surface area (Å²) in [5, 5.41) is 11.7. The highest BCUT2D eigenvalue weighted by atomic mass is 79.9. The van der Waals surface area contributed by atoms with E-state index in [1.54, 1.807) is 19.9 Å². The van der Waals surface area contributed by atoms with Crippen molar-refractivity contribution in [3.8, 4) is 0 Å². The number of halogens is 1. The van der Waals surface area contributed by atoms with Crippen LogP contribution >= 0.6 is 15.9 Å². The number of carboxylic acid groups (broad SMARTS) is 1. The molecule has 104 valence electrons. The fourth-order valence-corrected chi connectivity index (χ4v) is 2.45. The van der Waals surface area contributed by atoms with Crippen molar-refractivity contribution in [3.05, 3.63) is 22.4 Å². The van der Waals surface area contributed by atoms with Crippen molar-refractivity contribution in [3.63, 3.8) is 0 Å². The van der Waals surface area contributed by atoms with E-state index in [2.05, 4.69) is 21.2 Å². The second-order valence-corrected chi connectivity index (χ2v) is 6.13. The standard InChI is InChI=1S/C13H17BrN2O3/c1-7(2)11(13(18)19)15-12(17)10-5-8(14)6-16(10)9-3-4-9/h5-7,9,11H,3-4H2,1-2H3,(H,15,17)(H,18,19)/t11-/m1/s1. The number of nitrogens with zero attached hydrogens (tertiary/aromatic N) is 1. The van der Waals surface area contributed by atoms with E-state index in [0.717, 1.165) is 17.3 Å². The number of hydrogen-bond acceptors (Lipinski definition) is 2. The Labute approximate surface area is 120 Å². The summed E-state index contributed by atoms with van der Waals surface area (Å²) in [4.78, 5) is 23.3. The van der Waals surface area contributed by atoms with Crippen molar-refractivity contribution in [1.29, 1.82) is 0 Å². The molecule has 1 aromatic rings. The minimum atomic E-state index is -1.01. The molecule has 0 aliphatic heterocycles. The molecule has 6 heteroatoms. The predicted octanol–water partition coefficient (Wildman–Crippen LogP) is 2.42. The minimum absolute atomic E-state index is 0.158. The Morgan fingerprint density at radius 1 is 1.47 bits per heavy atom. The van der Waals surface area contributed by atoms with E-state index >= 15 is 0 Å². The Kier molecular flexibility index (Phi) is 3.99.